The Bertz CT molecular complexity index is 1360. The first-order valence-electron chi connectivity index (χ1n) is 10.8. The van der Waals surface area contributed by atoms with Gasteiger partial charge in [0.15, 0.2) is 0 Å². The maximum Gasteiger partial charge on any atom is 0.308 e. The van der Waals surface area contributed by atoms with Crippen LogP contribution in [0.5, 0.6) is 0 Å². The number of aliphatic carboxylic acids is 1. The van der Waals surface area contributed by atoms with E-state index in [2.05, 4.69) is 25.6 Å². The van der Waals surface area contributed by atoms with Gasteiger partial charge in [-0.15, -0.1) is 0 Å². The maximum absolute atomic E-state index is 13.6. The predicted octanol–water partition coefficient (Wildman–Crippen LogP) is 5.55. The summed E-state index contributed by atoms with van der Waals surface area (Å²) in [6, 6.07) is 11.3. The molecule has 0 saturated carbocycles. The van der Waals surface area contributed by atoms with Crippen molar-refractivity contribution >= 4 is 54.1 Å². The van der Waals surface area contributed by atoms with Crippen LogP contribution in [0.3, 0.4) is 0 Å². The van der Waals surface area contributed by atoms with E-state index in [9.17, 15) is 18.3 Å². The topological polar surface area (TPSA) is 86.7 Å². The van der Waals surface area contributed by atoms with E-state index in [0.29, 0.717) is 30.1 Å². The van der Waals surface area contributed by atoms with Gasteiger partial charge in [0.2, 0.25) is 0 Å². The summed E-state index contributed by atoms with van der Waals surface area (Å²) in [5.74, 6) is -1.17. The zero-order valence-corrected chi connectivity index (χ0v) is 21.5. The summed E-state index contributed by atoms with van der Waals surface area (Å²) in [6.45, 7) is 8.58. The Morgan fingerprint density at radius 3 is 2.18 bits per heavy atom. The van der Waals surface area contributed by atoms with E-state index in [1.54, 1.807) is 6.07 Å². The molecule has 33 heavy (non-hydrogen) atoms. The summed E-state index contributed by atoms with van der Waals surface area (Å²) in [5.41, 5.74) is 4.66. The van der Waals surface area contributed by atoms with Crippen molar-refractivity contribution in [3.8, 4) is 0 Å². The van der Waals surface area contributed by atoms with Crippen LogP contribution >= 0.6 is 15.9 Å². The van der Waals surface area contributed by atoms with E-state index in [-0.39, 0.29) is 0 Å². The van der Waals surface area contributed by atoms with Gasteiger partial charge in [-0.25, -0.2) is 8.42 Å². The van der Waals surface area contributed by atoms with Crippen LogP contribution in [0.2, 0.25) is 0 Å². The number of anilines is 2. The van der Waals surface area contributed by atoms with Crippen LogP contribution < -0.4 is 9.62 Å². The fourth-order valence-electron chi connectivity index (χ4n) is 4.66. The fourth-order valence-corrected chi connectivity index (χ4v) is 6.94. The molecule has 1 atom stereocenters. The van der Waals surface area contributed by atoms with Gasteiger partial charge >= 0.3 is 5.97 Å². The number of fused-ring (bicyclic) bond motifs is 1. The highest BCUT2D eigenvalue weighted by molar-refractivity contribution is 9.10. The number of carboxylic acid groups (broad SMARTS) is 1. The van der Waals surface area contributed by atoms with Gasteiger partial charge < -0.3 is 10.0 Å². The van der Waals surface area contributed by atoms with Crippen LogP contribution in [-0.4, -0.2) is 32.6 Å². The molecule has 2 N–H and O–H groups in total. The third-order valence-corrected chi connectivity index (χ3v) is 9.58. The van der Waals surface area contributed by atoms with Crippen molar-refractivity contribution in [1.29, 1.82) is 0 Å². The zero-order chi connectivity index (χ0) is 24.1. The molecule has 3 aromatic rings. The molecule has 1 fully saturated rings. The molecular formula is C25H27BrN2O4S. The molecule has 0 radical (unpaired) electrons. The first-order chi connectivity index (χ1) is 15.5. The Morgan fingerprint density at radius 2 is 1.61 bits per heavy atom. The highest BCUT2D eigenvalue weighted by atomic mass is 79.9. The lowest BCUT2D eigenvalue weighted by atomic mass is 10.0. The number of halogens is 1. The van der Waals surface area contributed by atoms with Crippen molar-refractivity contribution in [1.82, 2.24) is 0 Å². The normalized spacial score (nSPS) is 16.4. The number of nitrogens with zero attached hydrogens (tertiary/aromatic N) is 1. The molecule has 0 unspecified atom stereocenters. The molecule has 1 aliphatic heterocycles. The maximum atomic E-state index is 13.6. The third-order valence-electron chi connectivity index (χ3n) is 6.76. The summed E-state index contributed by atoms with van der Waals surface area (Å²) in [6.07, 6.45) is 0.596. The molecule has 0 bridgehead atoms. The number of carbonyl (C=O) groups is 1. The number of nitrogens with one attached hydrogen (secondary N) is 1. The summed E-state index contributed by atoms with van der Waals surface area (Å²) < 4.78 is 30.9. The molecular weight excluding hydrogens is 504 g/mol. The van der Waals surface area contributed by atoms with Crippen molar-refractivity contribution in [2.24, 2.45) is 5.92 Å². The Labute approximate surface area is 202 Å². The van der Waals surface area contributed by atoms with Crippen molar-refractivity contribution in [3.05, 3.63) is 63.1 Å². The summed E-state index contributed by atoms with van der Waals surface area (Å²) in [5, 5.41) is 11.0. The van der Waals surface area contributed by atoms with Crippen molar-refractivity contribution in [2.75, 3.05) is 22.7 Å². The van der Waals surface area contributed by atoms with Gasteiger partial charge in [0.1, 0.15) is 0 Å². The number of hydrogen-bond acceptors (Lipinski definition) is 4. The van der Waals surface area contributed by atoms with Gasteiger partial charge in [0.05, 0.1) is 16.5 Å². The molecule has 6 nitrogen and oxygen atoms in total. The summed E-state index contributed by atoms with van der Waals surface area (Å²) in [7, 11) is -3.84. The molecule has 0 aliphatic carbocycles. The minimum Gasteiger partial charge on any atom is -0.481 e. The highest BCUT2D eigenvalue weighted by Gasteiger charge is 2.30. The van der Waals surface area contributed by atoms with E-state index in [1.807, 2.05) is 58.0 Å². The predicted molar refractivity (Wildman–Crippen MR) is 136 cm³/mol. The van der Waals surface area contributed by atoms with Gasteiger partial charge in [-0.2, -0.15) is 0 Å². The van der Waals surface area contributed by atoms with Gasteiger partial charge in [-0.05, 0) is 68.5 Å². The van der Waals surface area contributed by atoms with E-state index in [4.69, 9.17) is 0 Å². The van der Waals surface area contributed by atoms with Crippen LogP contribution in [0.4, 0.5) is 11.4 Å². The first-order valence-corrected chi connectivity index (χ1v) is 13.1. The molecule has 0 aromatic heterocycles. The molecule has 1 saturated heterocycles. The zero-order valence-electron chi connectivity index (χ0n) is 19.1. The average Bonchev–Trinajstić information content (AvgIpc) is 3.27. The molecule has 0 spiro atoms. The minimum atomic E-state index is -3.84. The minimum absolute atomic E-state index is 0.303. The lowest BCUT2D eigenvalue weighted by Gasteiger charge is -2.23. The second-order valence-electron chi connectivity index (χ2n) is 8.70. The standard InChI is InChI=1S/C25H27BrN2O4S/c1-14-16(3)24(17(4)15(2)23(14)26)33(31,32)27-21-9-10-22(20-8-6-5-7-19(20)21)28-12-11-18(13-28)25(29)30/h5-10,18,27H,11-13H2,1-4H3,(H,29,30)/t18-/m0/s1. The van der Waals surface area contributed by atoms with Gasteiger partial charge in [-0.1, -0.05) is 40.2 Å². The molecule has 1 aliphatic rings. The smallest absolute Gasteiger partial charge is 0.308 e. The van der Waals surface area contributed by atoms with Crippen LogP contribution in [-0.2, 0) is 14.8 Å². The van der Waals surface area contributed by atoms with E-state index in [1.165, 1.54) is 0 Å². The average molecular weight is 531 g/mol. The molecule has 0 amide bonds. The lowest BCUT2D eigenvalue weighted by molar-refractivity contribution is -0.140. The monoisotopic (exact) mass is 530 g/mol. The van der Waals surface area contributed by atoms with Crippen LogP contribution in [0.25, 0.3) is 10.8 Å². The number of benzene rings is 3. The molecule has 3 aromatic carbocycles. The lowest BCUT2D eigenvalue weighted by Crippen LogP contribution is -2.23. The van der Waals surface area contributed by atoms with Crippen molar-refractivity contribution < 1.29 is 18.3 Å². The second kappa shape index (κ2) is 8.65. The Hall–Kier alpha value is -2.58. The quantitative estimate of drug-likeness (QED) is 0.451. The van der Waals surface area contributed by atoms with Crippen LogP contribution in [0.15, 0.2) is 45.8 Å². The van der Waals surface area contributed by atoms with Crippen molar-refractivity contribution in [3.63, 3.8) is 0 Å². The SMILES string of the molecule is Cc1c(C)c(S(=O)(=O)Nc2ccc(N3CC[C@H](C(=O)O)C3)c3ccccc23)c(C)c(C)c1Br. The van der Waals surface area contributed by atoms with Crippen LogP contribution in [0.1, 0.15) is 28.7 Å². The van der Waals surface area contributed by atoms with Gasteiger partial charge in [0.25, 0.3) is 10.0 Å². The number of sulfonamides is 1. The Kier molecular flexibility index (Phi) is 6.18. The Morgan fingerprint density at radius 1 is 1.00 bits per heavy atom. The largest absolute Gasteiger partial charge is 0.481 e. The van der Waals surface area contributed by atoms with Gasteiger partial charge in [0, 0.05) is 34.0 Å². The number of carboxylic acids is 1. The molecule has 4 rings (SSSR count). The fraction of sp³-hybridized carbons (Fsp3) is 0.320. The second-order valence-corrected chi connectivity index (χ2v) is 11.1. The third kappa shape index (κ3) is 4.10. The van der Waals surface area contributed by atoms with E-state index >= 15 is 0 Å². The van der Waals surface area contributed by atoms with Crippen LogP contribution in [0, 0.1) is 33.6 Å². The Balaban J connectivity index is 1.78. The molecule has 1 heterocycles. The first kappa shape index (κ1) is 23.6. The summed E-state index contributed by atoms with van der Waals surface area (Å²) >= 11 is 3.58. The summed E-state index contributed by atoms with van der Waals surface area (Å²) in [4.78, 5) is 13.8. The number of hydrogen-bond donors (Lipinski definition) is 2. The van der Waals surface area contributed by atoms with Gasteiger partial charge in [-0.3, -0.25) is 9.52 Å². The molecule has 8 heteroatoms. The number of rotatable bonds is 5. The van der Waals surface area contributed by atoms with Crippen molar-refractivity contribution in [2.45, 2.75) is 39.0 Å². The highest BCUT2D eigenvalue weighted by Crippen LogP contribution is 2.38. The van der Waals surface area contributed by atoms with E-state index in [0.717, 1.165) is 43.2 Å². The van der Waals surface area contributed by atoms with E-state index < -0.39 is 21.9 Å². The molecule has 174 valence electrons.